The highest BCUT2D eigenvalue weighted by Crippen LogP contribution is 2.42. The van der Waals surface area contributed by atoms with Crippen LogP contribution < -0.4 is 5.32 Å². The molecule has 0 unspecified atom stereocenters. The van der Waals surface area contributed by atoms with E-state index in [-0.39, 0.29) is 11.4 Å². The van der Waals surface area contributed by atoms with E-state index in [0.717, 1.165) is 12.8 Å². The van der Waals surface area contributed by atoms with Gasteiger partial charge in [-0.3, -0.25) is 0 Å². The Balaban J connectivity index is 1.95. The Kier molecular flexibility index (Phi) is 5.05. The lowest BCUT2D eigenvalue weighted by Crippen LogP contribution is -2.45. The van der Waals surface area contributed by atoms with E-state index in [1.165, 1.54) is 17.7 Å². The number of aliphatic hydroxyl groups is 1. The fraction of sp³-hybridized carbons (Fsp3) is 0.667. The van der Waals surface area contributed by atoms with Gasteiger partial charge in [-0.2, -0.15) is 0 Å². The molecule has 1 saturated carbocycles. The molecule has 0 aliphatic heterocycles. The molecule has 5 heteroatoms. The van der Waals surface area contributed by atoms with Gasteiger partial charge in [-0.15, -0.1) is 11.3 Å². The topological polar surface area (TPSA) is 52.6 Å². The molecule has 0 bridgehead atoms. The minimum absolute atomic E-state index is 0.103. The first-order chi connectivity index (χ1) is 9.53. The van der Waals surface area contributed by atoms with Gasteiger partial charge in [-0.25, -0.2) is 4.79 Å². The Bertz CT molecular complexity index is 425. The summed E-state index contributed by atoms with van der Waals surface area (Å²) in [5, 5.41) is 14.5. The summed E-state index contributed by atoms with van der Waals surface area (Å²) in [6.07, 6.45) is 4.26. The number of amides is 2. The molecule has 4 nitrogen and oxygen atoms in total. The Labute approximate surface area is 124 Å². The Morgan fingerprint density at radius 3 is 2.80 bits per heavy atom. The molecule has 0 spiro atoms. The fourth-order valence-electron chi connectivity index (χ4n) is 3.00. The highest BCUT2D eigenvalue weighted by atomic mass is 32.1. The van der Waals surface area contributed by atoms with E-state index in [2.05, 4.69) is 22.8 Å². The molecule has 1 aliphatic carbocycles. The van der Waals surface area contributed by atoms with Crippen LogP contribution in [0.15, 0.2) is 17.5 Å². The summed E-state index contributed by atoms with van der Waals surface area (Å²) in [5.74, 6) is 0. The summed E-state index contributed by atoms with van der Waals surface area (Å²) in [7, 11) is 1.72. The average Bonchev–Trinajstić information content (AvgIpc) is 3.06. The van der Waals surface area contributed by atoms with Crippen molar-refractivity contribution in [2.24, 2.45) is 0 Å². The third-order valence-electron chi connectivity index (χ3n) is 4.07. The van der Waals surface area contributed by atoms with Crippen LogP contribution in [-0.2, 0) is 5.41 Å². The number of rotatable bonds is 5. The lowest BCUT2D eigenvalue weighted by molar-refractivity contribution is 0.143. The minimum Gasteiger partial charge on any atom is -0.392 e. The number of nitrogens with one attached hydrogen (secondary N) is 1. The van der Waals surface area contributed by atoms with Crippen molar-refractivity contribution in [2.45, 2.75) is 44.1 Å². The number of likely N-dealkylation sites (N-methyl/N-ethyl adjacent to an activating group) is 1. The maximum Gasteiger partial charge on any atom is 0.317 e. The average molecular weight is 296 g/mol. The van der Waals surface area contributed by atoms with Crippen molar-refractivity contribution in [1.82, 2.24) is 10.2 Å². The van der Waals surface area contributed by atoms with E-state index in [0.29, 0.717) is 13.1 Å². The van der Waals surface area contributed by atoms with Gasteiger partial charge in [-0.05, 0) is 31.2 Å². The standard InChI is InChI=1S/C15H24N2O2S/c1-12(18)10-17(2)14(19)16-11-15(7-3-4-8-15)13-6-5-9-20-13/h5-6,9,12,18H,3-4,7-8,10-11H2,1-2H3,(H,16,19)/t12-/m0/s1. The van der Waals surface area contributed by atoms with Gasteiger partial charge in [0.1, 0.15) is 0 Å². The fourth-order valence-corrected chi connectivity index (χ4v) is 3.99. The summed E-state index contributed by atoms with van der Waals surface area (Å²) >= 11 is 1.78. The number of hydrogen-bond donors (Lipinski definition) is 2. The molecule has 112 valence electrons. The molecule has 1 heterocycles. The maximum absolute atomic E-state index is 12.1. The molecule has 2 amide bonds. The van der Waals surface area contributed by atoms with Crippen LogP contribution in [0.4, 0.5) is 4.79 Å². The van der Waals surface area contributed by atoms with E-state index in [1.54, 1.807) is 30.2 Å². The van der Waals surface area contributed by atoms with Gasteiger partial charge >= 0.3 is 6.03 Å². The number of carbonyl (C=O) groups is 1. The molecule has 0 saturated heterocycles. The lowest BCUT2D eigenvalue weighted by atomic mass is 9.84. The first-order valence-electron chi connectivity index (χ1n) is 7.24. The molecule has 2 rings (SSSR count). The van der Waals surface area contributed by atoms with Crippen LogP contribution >= 0.6 is 11.3 Å². The smallest absolute Gasteiger partial charge is 0.317 e. The van der Waals surface area contributed by atoms with Gasteiger partial charge in [0.2, 0.25) is 0 Å². The normalized spacial score (nSPS) is 18.8. The Hall–Kier alpha value is -1.07. The molecule has 0 radical (unpaired) electrons. The Morgan fingerprint density at radius 1 is 1.55 bits per heavy atom. The monoisotopic (exact) mass is 296 g/mol. The van der Waals surface area contributed by atoms with Crippen molar-refractivity contribution < 1.29 is 9.90 Å². The van der Waals surface area contributed by atoms with Crippen LogP contribution in [0, 0.1) is 0 Å². The zero-order valence-electron chi connectivity index (χ0n) is 12.3. The molecular weight excluding hydrogens is 272 g/mol. The number of urea groups is 1. The molecule has 1 atom stereocenters. The first kappa shape index (κ1) is 15.3. The third kappa shape index (κ3) is 3.52. The van der Waals surface area contributed by atoms with Crippen molar-refractivity contribution in [3.05, 3.63) is 22.4 Å². The summed E-state index contributed by atoms with van der Waals surface area (Å²) in [6.45, 7) is 2.74. The van der Waals surface area contributed by atoms with E-state index >= 15 is 0 Å². The van der Waals surface area contributed by atoms with Crippen molar-refractivity contribution >= 4 is 17.4 Å². The molecule has 1 aromatic rings. The number of nitrogens with zero attached hydrogens (tertiary/aromatic N) is 1. The van der Waals surface area contributed by atoms with E-state index in [1.807, 2.05) is 0 Å². The molecule has 2 N–H and O–H groups in total. The summed E-state index contributed by atoms with van der Waals surface area (Å²) in [5.41, 5.74) is 0.121. The van der Waals surface area contributed by atoms with Gasteiger partial charge in [0.15, 0.2) is 0 Å². The van der Waals surface area contributed by atoms with Gasteiger partial charge in [0.25, 0.3) is 0 Å². The lowest BCUT2D eigenvalue weighted by Gasteiger charge is -2.29. The van der Waals surface area contributed by atoms with Gasteiger partial charge in [0, 0.05) is 30.4 Å². The molecule has 1 aromatic heterocycles. The molecule has 1 aliphatic rings. The van der Waals surface area contributed by atoms with E-state index in [9.17, 15) is 9.90 Å². The van der Waals surface area contributed by atoms with Crippen LogP contribution in [0.5, 0.6) is 0 Å². The summed E-state index contributed by atoms with van der Waals surface area (Å²) in [4.78, 5) is 15.0. The zero-order chi connectivity index (χ0) is 14.6. The van der Waals surface area contributed by atoms with Crippen molar-refractivity contribution in [2.75, 3.05) is 20.1 Å². The second-order valence-electron chi connectivity index (χ2n) is 5.85. The number of thiophene rings is 1. The van der Waals surface area contributed by atoms with Crippen molar-refractivity contribution in [3.63, 3.8) is 0 Å². The second kappa shape index (κ2) is 6.59. The maximum atomic E-state index is 12.1. The summed E-state index contributed by atoms with van der Waals surface area (Å²) < 4.78 is 0. The number of carbonyl (C=O) groups excluding carboxylic acids is 1. The number of hydrogen-bond acceptors (Lipinski definition) is 3. The number of aliphatic hydroxyl groups excluding tert-OH is 1. The highest BCUT2D eigenvalue weighted by Gasteiger charge is 2.36. The second-order valence-corrected chi connectivity index (χ2v) is 6.80. The summed E-state index contributed by atoms with van der Waals surface area (Å²) in [6, 6.07) is 4.16. The molecular formula is C15H24N2O2S. The quantitative estimate of drug-likeness (QED) is 0.877. The van der Waals surface area contributed by atoms with Crippen LogP contribution in [-0.4, -0.2) is 42.3 Å². The highest BCUT2D eigenvalue weighted by molar-refractivity contribution is 7.10. The van der Waals surface area contributed by atoms with Crippen LogP contribution in [0.1, 0.15) is 37.5 Å². The third-order valence-corrected chi connectivity index (χ3v) is 5.18. The van der Waals surface area contributed by atoms with Crippen LogP contribution in [0.2, 0.25) is 0 Å². The van der Waals surface area contributed by atoms with Gasteiger partial charge < -0.3 is 15.3 Å². The van der Waals surface area contributed by atoms with E-state index < -0.39 is 6.10 Å². The predicted molar refractivity (Wildman–Crippen MR) is 82.2 cm³/mol. The molecule has 20 heavy (non-hydrogen) atoms. The zero-order valence-corrected chi connectivity index (χ0v) is 13.1. The SMILES string of the molecule is C[C@H](O)CN(C)C(=O)NCC1(c2cccs2)CCCC1. The van der Waals surface area contributed by atoms with Crippen LogP contribution in [0.25, 0.3) is 0 Å². The Morgan fingerprint density at radius 2 is 2.25 bits per heavy atom. The van der Waals surface area contributed by atoms with Crippen LogP contribution in [0.3, 0.4) is 0 Å². The van der Waals surface area contributed by atoms with Crippen molar-refractivity contribution in [1.29, 1.82) is 0 Å². The largest absolute Gasteiger partial charge is 0.392 e. The van der Waals surface area contributed by atoms with E-state index in [4.69, 9.17) is 0 Å². The molecule has 0 aromatic carbocycles. The van der Waals surface area contributed by atoms with Gasteiger partial charge in [0.05, 0.1) is 6.10 Å². The first-order valence-corrected chi connectivity index (χ1v) is 8.12. The van der Waals surface area contributed by atoms with Gasteiger partial charge in [-0.1, -0.05) is 18.9 Å². The minimum atomic E-state index is -0.497. The molecule has 1 fully saturated rings. The predicted octanol–water partition coefficient (Wildman–Crippen LogP) is 2.58. The van der Waals surface area contributed by atoms with Crippen molar-refractivity contribution in [3.8, 4) is 0 Å².